The number of alkyl halides is 2. The molecule has 0 bridgehead atoms. The van der Waals surface area contributed by atoms with E-state index in [1.54, 1.807) is 6.92 Å². The molecule has 2 rings (SSSR count). The molecule has 96 valence electrons. The normalized spacial score (nSPS) is 31.8. The van der Waals surface area contributed by atoms with E-state index >= 15 is 0 Å². The number of hydrogen-bond donors (Lipinski definition) is 0. The summed E-state index contributed by atoms with van der Waals surface area (Å²) >= 11 is 0. The van der Waals surface area contributed by atoms with Gasteiger partial charge in [-0.05, 0) is 19.8 Å². The minimum absolute atomic E-state index is 0.125. The lowest BCUT2D eigenvalue weighted by molar-refractivity contribution is -0.180. The Labute approximate surface area is 97.9 Å². The van der Waals surface area contributed by atoms with Gasteiger partial charge in [0.05, 0.1) is 11.6 Å². The molecule has 0 amide bonds. The van der Waals surface area contributed by atoms with Gasteiger partial charge in [0.25, 0.3) is 5.92 Å². The summed E-state index contributed by atoms with van der Waals surface area (Å²) in [5.74, 6) is -3.86. The quantitative estimate of drug-likeness (QED) is 0.718. The van der Waals surface area contributed by atoms with Crippen molar-refractivity contribution in [2.45, 2.75) is 44.6 Å². The van der Waals surface area contributed by atoms with Gasteiger partial charge in [0, 0.05) is 13.3 Å². The number of esters is 1. The first-order chi connectivity index (χ1) is 7.85. The zero-order valence-electron chi connectivity index (χ0n) is 9.83. The van der Waals surface area contributed by atoms with E-state index in [1.807, 2.05) is 0 Å². The van der Waals surface area contributed by atoms with Crippen molar-refractivity contribution in [1.29, 1.82) is 0 Å². The van der Waals surface area contributed by atoms with E-state index in [2.05, 4.69) is 9.89 Å². The average Bonchev–Trinajstić information content (AvgIpc) is 2.76. The van der Waals surface area contributed by atoms with E-state index in [1.165, 1.54) is 0 Å². The standard InChI is InChI=1S/C11H15F2NO3/c1-7-8-4-3-5-11(8,17-14-7)9(15)16-6-10(2,12)13/h8H,3-6H2,1-2H3. The Bertz CT molecular complexity index is 364. The monoisotopic (exact) mass is 247 g/mol. The van der Waals surface area contributed by atoms with Crippen molar-refractivity contribution in [1.82, 2.24) is 0 Å². The summed E-state index contributed by atoms with van der Waals surface area (Å²) in [6.45, 7) is 1.57. The molecule has 0 radical (unpaired) electrons. The van der Waals surface area contributed by atoms with Crippen LogP contribution >= 0.6 is 0 Å². The van der Waals surface area contributed by atoms with Crippen molar-refractivity contribution >= 4 is 11.7 Å². The fourth-order valence-corrected chi connectivity index (χ4v) is 2.44. The molecule has 0 aromatic rings. The lowest BCUT2D eigenvalue weighted by Gasteiger charge is -2.25. The highest BCUT2D eigenvalue weighted by atomic mass is 19.3. The first-order valence-electron chi connectivity index (χ1n) is 5.63. The molecule has 2 aliphatic rings. The molecule has 1 saturated carbocycles. The highest BCUT2D eigenvalue weighted by Gasteiger charge is 2.58. The molecule has 0 aromatic heterocycles. The largest absolute Gasteiger partial charge is 0.456 e. The number of rotatable bonds is 3. The van der Waals surface area contributed by atoms with Gasteiger partial charge in [-0.15, -0.1) is 0 Å². The van der Waals surface area contributed by atoms with Gasteiger partial charge in [0.2, 0.25) is 5.60 Å². The average molecular weight is 247 g/mol. The minimum atomic E-state index is -3.02. The third kappa shape index (κ3) is 2.12. The van der Waals surface area contributed by atoms with Crippen LogP contribution in [0.15, 0.2) is 5.16 Å². The van der Waals surface area contributed by atoms with Crippen LogP contribution in [0.2, 0.25) is 0 Å². The lowest BCUT2D eigenvalue weighted by Crippen LogP contribution is -2.45. The molecule has 4 nitrogen and oxygen atoms in total. The number of hydrogen-bond acceptors (Lipinski definition) is 4. The summed E-state index contributed by atoms with van der Waals surface area (Å²) in [5, 5.41) is 3.79. The van der Waals surface area contributed by atoms with Gasteiger partial charge in [-0.1, -0.05) is 5.16 Å². The minimum Gasteiger partial charge on any atom is -0.456 e. The molecule has 6 heteroatoms. The molecule has 2 unspecified atom stereocenters. The van der Waals surface area contributed by atoms with Crippen LogP contribution in [-0.4, -0.2) is 29.8 Å². The van der Waals surface area contributed by atoms with E-state index in [0.29, 0.717) is 13.3 Å². The van der Waals surface area contributed by atoms with E-state index in [-0.39, 0.29) is 5.92 Å². The van der Waals surface area contributed by atoms with E-state index < -0.39 is 24.1 Å². The molecule has 0 spiro atoms. The zero-order chi connectivity index (χ0) is 12.7. The first-order valence-corrected chi connectivity index (χ1v) is 5.63. The first kappa shape index (κ1) is 12.3. The molecule has 1 heterocycles. The van der Waals surface area contributed by atoms with Crippen molar-refractivity contribution in [3.05, 3.63) is 0 Å². The second-order valence-corrected chi connectivity index (χ2v) is 4.80. The Morgan fingerprint density at radius 1 is 1.71 bits per heavy atom. The highest BCUT2D eigenvalue weighted by Crippen LogP contribution is 2.44. The van der Waals surface area contributed by atoms with Gasteiger partial charge in [0.1, 0.15) is 0 Å². The van der Waals surface area contributed by atoms with Gasteiger partial charge in [0.15, 0.2) is 6.61 Å². The van der Waals surface area contributed by atoms with Gasteiger partial charge in [-0.25, -0.2) is 13.6 Å². The van der Waals surface area contributed by atoms with Crippen molar-refractivity contribution in [2.24, 2.45) is 11.1 Å². The molecule has 2 atom stereocenters. The zero-order valence-corrected chi connectivity index (χ0v) is 9.83. The van der Waals surface area contributed by atoms with Crippen molar-refractivity contribution < 1.29 is 23.1 Å². The maximum Gasteiger partial charge on any atom is 0.354 e. The lowest BCUT2D eigenvalue weighted by atomic mass is 9.88. The summed E-state index contributed by atoms with van der Waals surface area (Å²) < 4.78 is 29.9. The molecule has 1 aliphatic heterocycles. The number of carbonyl (C=O) groups is 1. The third-order valence-corrected chi connectivity index (χ3v) is 3.26. The number of carbonyl (C=O) groups excluding carboxylic acids is 1. The second kappa shape index (κ2) is 3.92. The summed E-state index contributed by atoms with van der Waals surface area (Å²) in [5.41, 5.74) is -0.405. The van der Waals surface area contributed by atoms with E-state index in [4.69, 9.17) is 4.84 Å². The number of fused-ring (bicyclic) bond motifs is 1. The van der Waals surface area contributed by atoms with Crippen LogP contribution in [-0.2, 0) is 14.4 Å². The SMILES string of the molecule is CC1=NOC2(C(=O)OCC(C)(F)F)CCCC12. The maximum absolute atomic E-state index is 12.6. The summed E-state index contributed by atoms with van der Waals surface area (Å²) in [4.78, 5) is 17.1. The molecular weight excluding hydrogens is 232 g/mol. The fraction of sp³-hybridized carbons (Fsp3) is 0.818. The summed E-state index contributed by atoms with van der Waals surface area (Å²) in [6.07, 6.45) is 2.08. The number of nitrogens with zero attached hydrogens (tertiary/aromatic N) is 1. The van der Waals surface area contributed by atoms with Crippen LogP contribution in [0.25, 0.3) is 0 Å². The Morgan fingerprint density at radius 2 is 2.41 bits per heavy atom. The molecular formula is C11H15F2NO3. The summed E-state index contributed by atoms with van der Waals surface area (Å²) in [6, 6.07) is 0. The van der Waals surface area contributed by atoms with Crippen LogP contribution in [0.3, 0.4) is 0 Å². The molecule has 0 N–H and O–H groups in total. The second-order valence-electron chi connectivity index (χ2n) is 4.80. The van der Waals surface area contributed by atoms with Crippen LogP contribution in [0.5, 0.6) is 0 Å². The number of halogens is 2. The Kier molecular flexibility index (Phi) is 2.83. The van der Waals surface area contributed by atoms with Crippen molar-refractivity contribution in [3.63, 3.8) is 0 Å². The van der Waals surface area contributed by atoms with E-state index in [0.717, 1.165) is 18.6 Å². The number of ether oxygens (including phenoxy) is 1. The van der Waals surface area contributed by atoms with Crippen LogP contribution in [0.1, 0.15) is 33.1 Å². The third-order valence-electron chi connectivity index (χ3n) is 3.26. The maximum atomic E-state index is 12.6. The Balaban J connectivity index is 2.04. The van der Waals surface area contributed by atoms with Crippen LogP contribution in [0.4, 0.5) is 8.78 Å². The fourth-order valence-electron chi connectivity index (χ4n) is 2.44. The topological polar surface area (TPSA) is 47.9 Å². The Morgan fingerprint density at radius 3 is 3.06 bits per heavy atom. The van der Waals surface area contributed by atoms with Crippen molar-refractivity contribution in [3.8, 4) is 0 Å². The molecule has 1 fully saturated rings. The molecule has 0 saturated heterocycles. The molecule has 0 aromatic carbocycles. The van der Waals surface area contributed by atoms with E-state index in [9.17, 15) is 13.6 Å². The summed E-state index contributed by atoms with van der Waals surface area (Å²) in [7, 11) is 0. The smallest absolute Gasteiger partial charge is 0.354 e. The van der Waals surface area contributed by atoms with Gasteiger partial charge in [-0.2, -0.15) is 0 Å². The van der Waals surface area contributed by atoms with Gasteiger partial charge >= 0.3 is 5.97 Å². The van der Waals surface area contributed by atoms with Crippen LogP contribution < -0.4 is 0 Å². The van der Waals surface area contributed by atoms with Crippen molar-refractivity contribution in [2.75, 3.05) is 6.61 Å². The number of oxime groups is 1. The predicted molar refractivity (Wildman–Crippen MR) is 55.8 cm³/mol. The molecule has 17 heavy (non-hydrogen) atoms. The van der Waals surface area contributed by atoms with Gasteiger partial charge < -0.3 is 9.57 Å². The van der Waals surface area contributed by atoms with Gasteiger partial charge in [-0.3, -0.25) is 0 Å². The molecule has 1 aliphatic carbocycles. The van der Waals surface area contributed by atoms with Crippen LogP contribution in [0, 0.1) is 5.92 Å². The Hall–Kier alpha value is -1.20. The highest BCUT2D eigenvalue weighted by molar-refractivity contribution is 5.95. The predicted octanol–water partition coefficient (Wildman–Crippen LogP) is 2.13.